The van der Waals surface area contributed by atoms with E-state index in [4.69, 9.17) is 25.8 Å². The van der Waals surface area contributed by atoms with Crippen molar-refractivity contribution in [2.45, 2.75) is 89.4 Å². The van der Waals surface area contributed by atoms with Gasteiger partial charge in [0.05, 0.1) is 6.04 Å². The molecular formula is C28H32ClFN6O7S. The van der Waals surface area contributed by atoms with E-state index in [-0.39, 0.29) is 41.0 Å². The molecule has 1 fully saturated rings. The molecule has 1 saturated carbocycles. The molecule has 0 aromatic carbocycles. The number of nitrogens with zero attached hydrogens (tertiary/aromatic N) is 6. The lowest BCUT2D eigenvalue weighted by atomic mass is 9.87. The molecule has 1 aliphatic carbocycles. The average Bonchev–Trinajstić information content (AvgIpc) is 2.94. The van der Waals surface area contributed by atoms with Crippen LogP contribution in [0, 0.1) is 5.82 Å². The summed E-state index contributed by atoms with van der Waals surface area (Å²) in [4.78, 5) is 46.1. The number of ether oxygens (including phenoxy) is 3. The first-order chi connectivity index (χ1) is 20.3. The van der Waals surface area contributed by atoms with Gasteiger partial charge < -0.3 is 19.1 Å². The van der Waals surface area contributed by atoms with Crippen molar-refractivity contribution in [1.29, 1.82) is 0 Å². The first-order valence-electron chi connectivity index (χ1n) is 13.7. The predicted molar refractivity (Wildman–Crippen MR) is 158 cm³/mol. The third-order valence-electron chi connectivity index (χ3n) is 6.69. The molecule has 2 amide bonds. The fourth-order valence-electron chi connectivity index (χ4n) is 4.78. The molecule has 3 aromatic rings. The maximum atomic E-state index is 15.3. The van der Waals surface area contributed by atoms with Crippen molar-refractivity contribution in [1.82, 2.24) is 19.9 Å². The fourth-order valence-corrected chi connectivity index (χ4v) is 5.45. The van der Waals surface area contributed by atoms with Crippen molar-refractivity contribution in [3.05, 3.63) is 34.9 Å². The number of anilines is 2. The number of hydrogen-bond donors (Lipinski definition) is 0. The van der Waals surface area contributed by atoms with Crippen molar-refractivity contribution in [2.24, 2.45) is 0 Å². The quantitative estimate of drug-likeness (QED) is 0.268. The van der Waals surface area contributed by atoms with Crippen LogP contribution in [0.4, 0.5) is 25.6 Å². The van der Waals surface area contributed by atoms with Gasteiger partial charge in [0, 0.05) is 24.6 Å². The molecule has 0 N–H and O–H groups in total. The molecule has 0 unspecified atom stereocenters. The molecule has 16 heteroatoms. The minimum absolute atomic E-state index is 0.0332. The number of amides is 2. The maximum absolute atomic E-state index is 15.3. The highest BCUT2D eigenvalue weighted by Crippen LogP contribution is 2.45. The molecule has 0 bridgehead atoms. The number of rotatable bonds is 4. The predicted octanol–water partition coefficient (Wildman–Crippen LogP) is 5.22. The first-order valence-corrected chi connectivity index (χ1v) is 16.0. The van der Waals surface area contributed by atoms with Crippen molar-refractivity contribution in [3.63, 3.8) is 0 Å². The Morgan fingerprint density at radius 2 is 1.73 bits per heavy atom. The second kappa shape index (κ2) is 10.9. The third-order valence-corrected chi connectivity index (χ3v) is 7.78. The maximum Gasteiger partial charge on any atom is 0.425 e. The van der Waals surface area contributed by atoms with E-state index in [0.717, 1.165) is 6.26 Å². The highest BCUT2D eigenvalue weighted by atomic mass is 35.5. The molecule has 4 heterocycles. The number of halogens is 2. The Hall–Kier alpha value is -3.85. The summed E-state index contributed by atoms with van der Waals surface area (Å²) in [5.41, 5.74) is -1.92. The van der Waals surface area contributed by atoms with Crippen molar-refractivity contribution >= 4 is 56.2 Å². The monoisotopic (exact) mass is 650 g/mol. The summed E-state index contributed by atoms with van der Waals surface area (Å²) in [7, 11) is -4.01. The summed E-state index contributed by atoms with van der Waals surface area (Å²) < 4.78 is 57.7. The molecule has 2 aliphatic rings. The summed E-state index contributed by atoms with van der Waals surface area (Å²) >= 11 is 6.05. The van der Waals surface area contributed by atoms with E-state index in [1.165, 1.54) is 6.20 Å². The molecule has 0 spiro atoms. The largest absolute Gasteiger partial charge is 0.472 e. The molecule has 236 valence electrons. The fraction of sp³-hybridized carbons (Fsp3) is 0.500. The summed E-state index contributed by atoms with van der Waals surface area (Å²) in [5.74, 6) is -1.10. The van der Waals surface area contributed by atoms with Crippen LogP contribution in [0.15, 0.2) is 23.5 Å². The van der Waals surface area contributed by atoms with Crippen LogP contribution in [0.5, 0.6) is 5.88 Å². The van der Waals surface area contributed by atoms with Crippen LogP contribution in [-0.4, -0.2) is 70.1 Å². The van der Waals surface area contributed by atoms with E-state index in [9.17, 15) is 18.0 Å². The minimum Gasteiger partial charge on any atom is -0.472 e. The van der Waals surface area contributed by atoms with E-state index in [1.807, 2.05) is 0 Å². The zero-order valence-corrected chi connectivity index (χ0v) is 26.8. The van der Waals surface area contributed by atoms with Gasteiger partial charge in [-0.1, -0.05) is 17.7 Å². The van der Waals surface area contributed by atoms with Gasteiger partial charge in [-0.05, 0) is 60.5 Å². The minimum atomic E-state index is -4.01. The standard InChI is InChI=1S/C28H32ClFN6O7S/c1-27(2,3)42-25(37)36(26(38)43-28(4,5)6)21-14(9-8-12-31-21)13-35-15-10-11-16(15)41-23-17-19(18(30)20(29)33-23)32-24(34-22(17)35)44(7,39)40/h8-9,12,15-16H,10-11,13H2,1-7H3/t15-,16+/m0/s1. The lowest BCUT2D eigenvalue weighted by Crippen LogP contribution is -2.53. The average molecular weight is 651 g/mol. The van der Waals surface area contributed by atoms with E-state index in [1.54, 1.807) is 58.6 Å². The highest BCUT2D eigenvalue weighted by Gasteiger charge is 2.44. The summed E-state index contributed by atoms with van der Waals surface area (Å²) in [6.07, 6.45) is 1.07. The first kappa shape index (κ1) is 31.6. The van der Waals surface area contributed by atoms with Crippen LogP contribution in [0.2, 0.25) is 5.15 Å². The molecule has 44 heavy (non-hydrogen) atoms. The van der Waals surface area contributed by atoms with Gasteiger partial charge in [0.25, 0.3) is 0 Å². The highest BCUT2D eigenvalue weighted by molar-refractivity contribution is 7.90. The van der Waals surface area contributed by atoms with Crippen molar-refractivity contribution in [2.75, 3.05) is 16.1 Å². The third kappa shape index (κ3) is 6.20. The van der Waals surface area contributed by atoms with Gasteiger partial charge in [0.2, 0.25) is 20.9 Å². The van der Waals surface area contributed by atoms with Crippen molar-refractivity contribution < 1.29 is 36.6 Å². The van der Waals surface area contributed by atoms with E-state index >= 15 is 4.39 Å². The molecule has 2 atom stereocenters. The second-order valence-electron chi connectivity index (χ2n) is 12.6. The Labute approximate surface area is 258 Å². The normalized spacial score (nSPS) is 18.1. The number of aromatic nitrogens is 4. The summed E-state index contributed by atoms with van der Waals surface area (Å²) in [6, 6.07) is 2.88. The molecule has 0 saturated heterocycles. The van der Waals surface area contributed by atoms with Crippen LogP contribution in [-0.2, 0) is 25.9 Å². The smallest absolute Gasteiger partial charge is 0.425 e. The van der Waals surface area contributed by atoms with E-state index in [2.05, 4.69) is 19.9 Å². The van der Waals surface area contributed by atoms with Gasteiger partial charge in [-0.2, -0.15) is 9.88 Å². The number of hydrogen-bond acceptors (Lipinski definition) is 12. The van der Waals surface area contributed by atoms with Gasteiger partial charge in [0.1, 0.15) is 34.0 Å². The molecule has 1 aliphatic heterocycles. The number of fused-ring (bicyclic) bond motifs is 1. The van der Waals surface area contributed by atoms with Gasteiger partial charge >= 0.3 is 12.2 Å². The molecule has 3 aromatic heterocycles. The van der Waals surface area contributed by atoms with Gasteiger partial charge in [-0.3, -0.25) is 0 Å². The van der Waals surface area contributed by atoms with Gasteiger partial charge in [-0.25, -0.2) is 37.3 Å². The van der Waals surface area contributed by atoms with Crippen molar-refractivity contribution in [3.8, 4) is 5.88 Å². The summed E-state index contributed by atoms with van der Waals surface area (Å²) in [5, 5.41) is -1.11. The zero-order chi connectivity index (χ0) is 32.4. The zero-order valence-electron chi connectivity index (χ0n) is 25.2. The number of imide groups is 1. The van der Waals surface area contributed by atoms with Crippen LogP contribution in [0.3, 0.4) is 0 Å². The SMILES string of the molecule is CC(C)(C)OC(=O)N(C(=O)OC(C)(C)C)c1ncccc1CN1c2nc(S(C)(=O)=O)nc3c(F)c(Cl)nc(c23)O[C@@H]2CC[C@@H]21. The topological polar surface area (TPSA) is 154 Å². The Balaban J connectivity index is 1.69. The Bertz CT molecular complexity index is 1750. The molecule has 0 radical (unpaired) electrons. The number of carbonyl (C=O) groups is 2. The summed E-state index contributed by atoms with van der Waals surface area (Å²) in [6.45, 7) is 9.87. The molecule has 13 nitrogen and oxygen atoms in total. The van der Waals surface area contributed by atoms with Gasteiger partial charge in [0.15, 0.2) is 16.8 Å². The van der Waals surface area contributed by atoms with Crippen LogP contribution < -0.4 is 14.5 Å². The Morgan fingerprint density at radius 1 is 1.09 bits per heavy atom. The Kier molecular flexibility index (Phi) is 7.85. The van der Waals surface area contributed by atoms with Crippen LogP contribution in [0.1, 0.15) is 59.9 Å². The van der Waals surface area contributed by atoms with Crippen LogP contribution >= 0.6 is 11.6 Å². The number of carbonyl (C=O) groups excluding carboxylic acids is 2. The molecule has 5 rings (SSSR count). The van der Waals surface area contributed by atoms with E-state index < -0.39 is 55.5 Å². The number of pyridine rings is 2. The Morgan fingerprint density at radius 3 is 2.27 bits per heavy atom. The lowest BCUT2D eigenvalue weighted by molar-refractivity contribution is 0.0428. The number of sulfone groups is 1. The molecular weight excluding hydrogens is 619 g/mol. The van der Waals surface area contributed by atoms with Crippen LogP contribution in [0.25, 0.3) is 10.9 Å². The van der Waals surface area contributed by atoms with E-state index in [0.29, 0.717) is 23.3 Å². The van der Waals surface area contributed by atoms with Gasteiger partial charge in [-0.15, -0.1) is 0 Å². The second-order valence-corrected chi connectivity index (χ2v) is 14.8. The lowest BCUT2D eigenvalue weighted by Gasteiger charge is -2.42.